The Morgan fingerprint density at radius 1 is 1.11 bits per heavy atom. The third-order valence-corrected chi connectivity index (χ3v) is 5.12. The van der Waals surface area contributed by atoms with Crippen LogP contribution in [0.1, 0.15) is 31.4 Å². The molecule has 7 heteroatoms. The van der Waals surface area contributed by atoms with E-state index in [9.17, 15) is 9.59 Å². The van der Waals surface area contributed by atoms with Gasteiger partial charge in [0.25, 0.3) is 0 Å². The van der Waals surface area contributed by atoms with Crippen LogP contribution in [-0.4, -0.2) is 41.1 Å². The highest BCUT2D eigenvalue weighted by Crippen LogP contribution is 2.23. The van der Waals surface area contributed by atoms with E-state index in [2.05, 4.69) is 15.8 Å². The van der Waals surface area contributed by atoms with Gasteiger partial charge in [-0.2, -0.15) is 0 Å². The Kier molecular flexibility index (Phi) is 5.09. The summed E-state index contributed by atoms with van der Waals surface area (Å²) in [5, 5.41) is 9.98. The fourth-order valence-electron chi connectivity index (χ4n) is 3.31. The van der Waals surface area contributed by atoms with Crippen LogP contribution in [0.4, 0.5) is 4.79 Å². The summed E-state index contributed by atoms with van der Waals surface area (Å²) in [7, 11) is 0. The maximum atomic E-state index is 12.4. The third-order valence-electron chi connectivity index (χ3n) is 5.12. The number of hydrogen-bond donors (Lipinski definition) is 2. The molecule has 1 saturated carbocycles. The normalized spacial score (nSPS) is 17.6. The summed E-state index contributed by atoms with van der Waals surface area (Å²) in [5.74, 6) is 0.783. The number of carbonyl (C=O) groups excluding carboxylic acids is 2. The first-order valence-corrected chi connectivity index (χ1v) is 9.53. The quantitative estimate of drug-likeness (QED) is 0.849. The fourth-order valence-corrected chi connectivity index (χ4v) is 3.31. The Morgan fingerprint density at radius 2 is 1.85 bits per heavy atom. The Bertz CT molecular complexity index is 793. The average Bonchev–Trinajstić information content (AvgIpc) is 3.40. The summed E-state index contributed by atoms with van der Waals surface area (Å²) < 4.78 is 5.31. The number of benzene rings is 1. The number of nitrogens with one attached hydrogen (secondary N) is 2. The second kappa shape index (κ2) is 7.82. The van der Waals surface area contributed by atoms with Gasteiger partial charge in [0, 0.05) is 36.7 Å². The van der Waals surface area contributed by atoms with Crippen molar-refractivity contribution in [3.8, 4) is 11.3 Å². The zero-order valence-electron chi connectivity index (χ0n) is 15.2. The van der Waals surface area contributed by atoms with Crippen LogP contribution in [0.3, 0.4) is 0 Å². The molecule has 3 amide bonds. The molecule has 0 radical (unpaired) electrons. The number of piperidine rings is 1. The van der Waals surface area contributed by atoms with Gasteiger partial charge in [-0.15, -0.1) is 0 Å². The first-order valence-electron chi connectivity index (χ1n) is 9.53. The highest BCUT2D eigenvalue weighted by atomic mass is 16.5. The third kappa shape index (κ3) is 4.48. The summed E-state index contributed by atoms with van der Waals surface area (Å²) in [6, 6.07) is 11.9. The molecule has 1 aromatic carbocycles. The molecule has 142 valence electrons. The molecule has 2 aliphatic rings. The predicted octanol–water partition coefficient (Wildman–Crippen LogP) is 2.54. The number of likely N-dealkylation sites (tertiary alicyclic amines) is 1. The number of amides is 3. The van der Waals surface area contributed by atoms with E-state index in [0.717, 1.165) is 24.1 Å². The second-order valence-corrected chi connectivity index (χ2v) is 7.25. The van der Waals surface area contributed by atoms with Crippen LogP contribution in [0.5, 0.6) is 0 Å². The monoisotopic (exact) mass is 368 g/mol. The molecular weight excluding hydrogens is 344 g/mol. The van der Waals surface area contributed by atoms with E-state index in [4.69, 9.17) is 4.52 Å². The highest BCUT2D eigenvalue weighted by Gasteiger charge is 2.31. The van der Waals surface area contributed by atoms with Crippen molar-refractivity contribution in [3.05, 3.63) is 42.2 Å². The van der Waals surface area contributed by atoms with Gasteiger partial charge in [0.2, 0.25) is 5.91 Å². The van der Waals surface area contributed by atoms with Crippen LogP contribution in [0, 0.1) is 5.92 Å². The van der Waals surface area contributed by atoms with E-state index in [1.165, 1.54) is 0 Å². The smallest absolute Gasteiger partial charge is 0.317 e. The Morgan fingerprint density at radius 3 is 2.56 bits per heavy atom. The highest BCUT2D eigenvalue weighted by molar-refractivity contribution is 5.80. The van der Waals surface area contributed by atoms with Crippen LogP contribution >= 0.6 is 0 Å². The van der Waals surface area contributed by atoms with Crippen LogP contribution in [0.25, 0.3) is 11.3 Å². The minimum absolute atomic E-state index is 0.0253. The van der Waals surface area contributed by atoms with Gasteiger partial charge >= 0.3 is 6.03 Å². The summed E-state index contributed by atoms with van der Waals surface area (Å²) in [6.07, 6.45) is 3.63. The fraction of sp³-hybridized carbons (Fsp3) is 0.450. The van der Waals surface area contributed by atoms with Gasteiger partial charge in [-0.25, -0.2) is 4.79 Å². The molecule has 2 aromatic rings. The molecule has 7 nitrogen and oxygen atoms in total. The van der Waals surface area contributed by atoms with Crippen molar-refractivity contribution in [1.82, 2.24) is 20.7 Å². The van der Waals surface area contributed by atoms with E-state index in [-0.39, 0.29) is 17.9 Å². The van der Waals surface area contributed by atoms with E-state index >= 15 is 0 Å². The Balaban J connectivity index is 1.23. The van der Waals surface area contributed by atoms with Crippen molar-refractivity contribution in [2.75, 3.05) is 13.1 Å². The van der Waals surface area contributed by atoms with Crippen molar-refractivity contribution < 1.29 is 14.1 Å². The summed E-state index contributed by atoms with van der Waals surface area (Å²) in [5.41, 5.74) is 1.73. The minimum Gasteiger partial charge on any atom is -0.359 e. The zero-order chi connectivity index (χ0) is 18.6. The number of aromatic nitrogens is 1. The number of nitrogens with zero attached hydrogens (tertiary/aromatic N) is 2. The number of rotatable bonds is 5. The lowest BCUT2D eigenvalue weighted by Crippen LogP contribution is -2.46. The molecule has 4 rings (SSSR count). The minimum atomic E-state index is -0.131. The number of urea groups is 1. The molecular formula is C20H24N4O3. The maximum absolute atomic E-state index is 12.4. The van der Waals surface area contributed by atoms with Crippen LogP contribution < -0.4 is 10.6 Å². The molecule has 1 saturated heterocycles. The lowest BCUT2D eigenvalue weighted by molar-refractivity contribution is -0.126. The topological polar surface area (TPSA) is 87.5 Å². The van der Waals surface area contributed by atoms with Crippen LogP contribution in [-0.2, 0) is 11.3 Å². The summed E-state index contributed by atoms with van der Waals surface area (Å²) in [4.78, 5) is 26.2. The van der Waals surface area contributed by atoms with Gasteiger partial charge in [-0.1, -0.05) is 35.5 Å². The van der Waals surface area contributed by atoms with Crippen LogP contribution in [0.2, 0.25) is 0 Å². The standard InChI is InChI=1S/C20H24N4O3/c25-19(22-16-6-7-16)15-8-10-24(11-9-15)20(26)21-13-17-12-18(23-27-17)14-4-2-1-3-5-14/h1-5,12,15-16H,6-11,13H2,(H,21,26)(H,22,25). The molecule has 2 N–H and O–H groups in total. The Labute approximate surface area is 158 Å². The molecule has 27 heavy (non-hydrogen) atoms. The van der Waals surface area contributed by atoms with Gasteiger partial charge in [0.15, 0.2) is 5.76 Å². The SMILES string of the molecule is O=C(NC1CC1)C1CCN(C(=O)NCc2cc(-c3ccccc3)no2)CC1. The number of carbonyl (C=O) groups is 2. The Hall–Kier alpha value is -2.83. The largest absolute Gasteiger partial charge is 0.359 e. The van der Waals surface area contributed by atoms with E-state index in [0.29, 0.717) is 44.3 Å². The van der Waals surface area contributed by atoms with E-state index < -0.39 is 0 Å². The van der Waals surface area contributed by atoms with Crippen molar-refractivity contribution >= 4 is 11.9 Å². The maximum Gasteiger partial charge on any atom is 0.317 e. The zero-order valence-corrected chi connectivity index (χ0v) is 15.2. The molecule has 0 unspecified atom stereocenters. The predicted molar refractivity (Wildman–Crippen MR) is 99.6 cm³/mol. The molecule has 1 aromatic heterocycles. The lowest BCUT2D eigenvalue weighted by Gasteiger charge is -2.31. The molecule has 1 aliphatic carbocycles. The average molecular weight is 368 g/mol. The molecule has 2 fully saturated rings. The summed E-state index contributed by atoms with van der Waals surface area (Å²) in [6.45, 7) is 1.49. The molecule has 0 bridgehead atoms. The summed E-state index contributed by atoms with van der Waals surface area (Å²) >= 11 is 0. The van der Waals surface area contributed by atoms with E-state index in [1.54, 1.807) is 4.90 Å². The van der Waals surface area contributed by atoms with Gasteiger partial charge in [-0.3, -0.25) is 4.79 Å². The van der Waals surface area contributed by atoms with Crippen molar-refractivity contribution in [2.24, 2.45) is 5.92 Å². The van der Waals surface area contributed by atoms with Crippen molar-refractivity contribution in [1.29, 1.82) is 0 Å². The first kappa shape index (κ1) is 17.6. The molecule has 0 spiro atoms. The van der Waals surface area contributed by atoms with Gasteiger partial charge in [0.05, 0.1) is 6.54 Å². The van der Waals surface area contributed by atoms with Crippen LogP contribution in [0.15, 0.2) is 40.9 Å². The number of hydrogen-bond acceptors (Lipinski definition) is 4. The molecule has 1 aliphatic heterocycles. The van der Waals surface area contributed by atoms with E-state index in [1.807, 2.05) is 36.4 Å². The lowest BCUT2D eigenvalue weighted by atomic mass is 9.96. The first-order chi connectivity index (χ1) is 13.2. The van der Waals surface area contributed by atoms with Crippen molar-refractivity contribution in [3.63, 3.8) is 0 Å². The van der Waals surface area contributed by atoms with Gasteiger partial charge in [0.1, 0.15) is 5.69 Å². The molecule has 0 atom stereocenters. The van der Waals surface area contributed by atoms with Gasteiger partial charge < -0.3 is 20.1 Å². The van der Waals surface area contributed by atoms with Crippen molar-refractivity contribution in [2.45, 2.75) is 38.3 Å². The molecule has 2 heterocycles. The second-order valence-electron chi connectivity index (χ2n) is 7.25. The van der Waals surface area contributed by atoms with Gasteiger partial charge in [-0.05, 0) is 25.7 Å².